The minimum absolute atomic E-state index is 0.0133. The molecule has 1 aromatic carbocycles. The number of aromatic hydroxyl groups is 1. The van der Waals surface area contributed by atoms with Crippen molar-refractivity contribution in [3.63, 3.8) is 0 Å². The van der Waals surface area contributed by atoms with Crippen LogP contribution in [0.5, 0.6) is 11.5 Å². The Morgan fingerprint density at radius 1 is 1.65 bits per heavy atom. The summed E-state index contributed by atoms with van der Waals surface area (Å²) in [4.78, 5) is 12.1. The summed E-state index contributed by atoms with van der Waals surface area (Å²) in [6.07, 6.45) is 3.35. The minimum Gasteiger partial charge on any atom is -0.504 e. The van der Waals surface area contributed by atoms with Gasteiger partial charge in [-0.2, -0.15) is 5.26 Å². The van der Waals surface area contributed by atoms with Crippen LogP contribution in [0.25, 0.3) is 6.08 Å². The highest BCUT2D eigenvalue weighted by atomic mass is 79.9. The number of ether oxygens (including phenoxy) is 2. The number of phenolic OH excluding ortho intramolecular Hbond substituents is 1. The molecule has 122 valence electrons. The molecule has 1 aliphatic heterocycles. The third-order valence-corrected chi connectivity index (χ3v) is 4.16. The number of carbonyl (C=O) groups is 1. The van der Waals surface area contributed by atoms with Gasteiger partial charge in [0.1, 0.15) is 11.6 Å². The fourth-order valence-corrected chi connectivity index (χ4v) is 2.69. The van der Waals surface area contributed by atoms with Gasteiger partial charge in [0.15, 0.2) is 11.5 Å². The van der Waals surface area contributed by atoms with E-state index in [4.69, 9.17) is 9.47 Å². The van der Waals surface area contributed by atoms with Crippen LogP contribution in [-0.2, 0) is 9.53 Å². The lowest BCUT2D eigenvalue weighted by Crippen LogP contribution is -2.32. The van der Waals surface area contributed by atoms with Crippen LogP contribution in [0, 0.1) is 11.3 Å². The van der Waals surface area contributed by atoms with Crippen LogP contribution in [0.2, 0.25) is 0 Å². The normalized spacial score (nSPS) is 17.6. The molecule has 6 nitrogen and oxygen atoms in total. The van der Waals surface area contributed by atoms with Crippen LogP contribution in [-0.4, -0.2) is 37.4 Å². The Kier molecular flexibility index (Phi) is 6.02. The average Bonchev–Trinajstić information content (AvgIpc) is 3.05. The molecule has 0 aromatic heterocycles. The van der Waals surface area contributed by atoms with Gasteiger partial charge >= 0.3 is 0 Å². The van der Waals surface area contributed by atoms with Crippen LogP contribution < -0.4 is 10.1 Å². The first-order chi connectivity index (χ1) is 11.0. The van der Waals surface area contributed by atoms with Gasteiger partial charge in [0.05, 0.1) is 13.2 Å². The van der Waals surface area contributed by atoms with Crippen molar-refractivity contribution in [2.45, 2.75) is 18.9 Å². The van der Waals surface area contributed by atoms with E-state index in [0.29, 0.717) is 23.2 Å². The Balaban J connectivity index is 2.14. The fourth-order valence-electron chi connectivity index (χ4n) is 2.24. The van der Waals surface area contributed by atoms with Gasteiger partial charge in [-0.25, -0.2) is 0 Å². The molecule has 1 atom stereocenters. The average molecular weight is 381 g/mol. The van der Waals surface area contributed by atoms with Crippen molar-refractivity contribution < 1.29 is 19.4 Å². The summed E-state index contributed by atoms with van der Waals surface area (Å²) in [6, 6.07) is 4.88. The molecule has 1 aromatic rings. The summed E-state index contributed by atoms with van der Waals surface area (Å²) in [7, 11) is 1.43. The van der Waals surface area contributed by atoms with E-state index in [-0.39, 0.29) is 23.2 Å². The lowest BCUT2D eigenvalue weighted by Gasteiger charge is -2.10. The minimum atomic E-state index is -0.457. The van der Waals surface area contributed by atoms with Gasteiger partial charge in [-0.05, 0) is 36.6 Å². The van der Waals surface area contributed by atoms with Crippen LogP contribution in [0.3, 0.4) is 0 Å². The second-order valence-electron chi connectivity index (χ2n) is 5.06. The standard InChI is InChI=1S/C16H17BrN2O4/c1-22-15-6-10(13(17)7-14(15)20)5-11(8-18)16(21)19-9-12-3-2-4-23-12/h5-7,12,20H,2-4,9H2,1H3,(H,19,21)/b11-5+. The Bertz CT molecular complexity index is 661. The maximum atomic E-state index is 12.1. The Labute approximate surface area is 142 Å². The number of hydrogen-bond donors (Lipinski definition) is 2. The zero-order chi connectivity index (χ0) is 16.8. The largest absolute Gasteiger partial charge is 0.504 e. The highest BCUT2D eigenvalue weighted by Gasteiger charge is 2.18. The van der Waals surface area contributed by atoms with E-state index < -0.39 is 5.91 Å². The van der Waals surface area contributed by atoms with Gasteiger partial charge in [-0.1, -0.05) is 15.9 Å². The molecule has 23 heavy (non-hydrogen) atoms. The number of nitrogens with zero attached hydrogens (tertiary/aromatic N) is 1. The lowest BCUT2D eigenvalue weighted by molar-refractivity contribution is -0.117. The number of methoxy groups -OCH3 is 1. The molecule has 0 saturated carbocycles. The summed E-state index contributed by atoms with van der Waals surface area (Å²) in [5, 5.41) is 21.6. The highest BCUT2D eigenvalue weighted by molar-refractivity contribution is 9.10. The molecule has 0 aliphatic carbocycles. The van der Waals surface area contributed by atoms with Crippen LogP contribution in [0.1, 0.15) is 18.4 Å². The van der Waals surface area contributed by atoms with Gasteiger partial charge in [-0.3, -0.25) is 4.79 Å². The van der Waals surface area contributed by atoms with Gasteiger partial charge in [0, 0.05) is 17.6 Å². The predicted molar refractivity (Wildman–Crippen MR) is 87.9 cm³/mol. The second kappa shape index (κ2) is 7.99. The first-order valence-corrected chi connectivity index (χ1v) is 7.92. The number of rotatable bonds is 5. The van der Waals surface area contributed by atoms with Crippen LogP contribution in [0.4, 0.5) is 0 Å². The van der Waals surface area contributed by atoms with Crippen molar-refractivity contribution >= 4 is 27.9 Å². The lowest BCUT2D eigenvalue weighted by atomic mass is 10.1. The van der Waals surface area contributed by atoms with Crippen molar-refractivity contribution in [3.8, 4) is 17.6 Å². The Hall–Kier alpha value is -2.04. The molecule has 2 N–H and O–H groups in total. The molecule has 1 aliphatic rings. The van der Waals surface area contributed by atoms with E-state index in [1.165, 1.54) is 19.3 Å². The third kappa shape index (κ3) is 4.47. The molecular weight excluding hydrogens is 364 g/mol. The van der Waals surface area contributed by atoms with Crippen molar-refractivity contribution in [3.05, 3.63) is 27.7 Å². The molecule has 1 amide bonds. The number of phenols is 1. The number of nitrogens with one attached hydrogen (secondary N) is 1. The van der Waals surface area contributed by atoms with E-state index in [1.807, 2.05) is 6.07 Å². The van der Waals surface area contributed by atoms with Gasteiger partial charge in [0.25, 0.3) is 5.91 Å². The zero-order valence-corrected chi connectivity index (χ0v) is 14.2. The highest BCUT2D eigenvalue weighted by Crippen LogP contribution is 2.33. The molecule has 0 radical (unpaired) electrons. The SMILES string of the molecule is COc1cc(/C=C(\C#N)C(=O)NCC2CCCO2)c(Br)cc1O. The quantitative estimate of drug-likeness (QED) is 0.604. The van der Waals surface area contributed by atoms with Crippen LogP contribution >= 0.6 is 15.9 Å². The van der Waals surface area contributed by atoms with E-state index >= 15 is 0 Å². The van der Waals surface area contributed by atoms with Gasteiger partial charge in [-0.15, -0.1) is 0 Å². The summed E-state index contributed by atoms with van der Waals surface area (Å²) in [5.41, 5.74) is 0.528. The summed E-state index contributed by atoms with van der Waals surface area (Å²) in [5.74, 6) is -0.226. The van der Waals surface area contributed by atoms with Crippen molar-refractivity contribution in [2.75, 3.05) is 20.3 Å². The Morgan fingerprint density at radius 2 is 2.43 bits per heavy atom. The number of benzene rings is 1. The maximum absolute atomic E-state index is 12.1. The molecule has 2 rings (SSSR count). The van der Waals surface area contributed by atoms with Crippen molar-refractivity contribution in [2.24, 2.45) is 0 Å². The van der Waals surface area contributed by atoms with E-state index in [9.17, 15) is 15.2 Å². The van der Waals surface area contributed by atoms with E-state index in [1.54, 1.807) is 6.07 Å². The van der Waals surface area contributed by atoms with Gasteiger partial charge in [0.2, 0.25) is 0 Å². The molecule has 0 spiro atoms. The predicted octanol–water partition coefficient (Wildman–Crippen LogP) is 2.37. The maximum Gasteiger partial charge on any atom is 0.262 e. The topological polar surface area (TPSA) is 91.6 Å². The van der Waals surface area contributed by atoms with Gasteiger partial charge < -0.3 is 19.9 Å². The molecule has 1 fully saturated rings. The monoisotopic (exact) mass is 380 g/mol. The molecule has 1 saturated heterocycles. The first-order valence-electron chi connectivity index (χ1n) is 7.13. The summed E-state index contributed by atoms with van der Waals surface area (Å²) in [6.45, 7) is 1.10. The zero-order valence-electron chi connectivity index (χ0n) is 12.6. The third-order valence-electron chi connectivity index (χ3n) is 3.48. The fraction of sp³-hybridized carbons (Fsp3) is 0.375. The Morgan fingerprint density at radius 3 is 3.04 bits per heavy atom. The molecule has 7 heteroatoms. The number of carbonyl (C=O) groups excluding carboxylic acids is 1. The van der Waals surface area contributed by atoms with Crippen molar-refractivity contribution in [1.82, 2.24) is 5.32 Å². The van der Waals surface area contributed by atoms with Crippen molar-refractivity contribution in [1.29, 1.82) is 5.26 Å². The summed E-state index contributed by atoms with van der Waals surface area (Å²) < 4.78 is 11.0. The number of nitriles is 1. The second-order valence-corrected chi connectivity index (χ2v) is 5.91. The van der Waals surface area contributed by atoms with Crippen LogP contribution in [0.15, 0.2) is 22.2 Å². The molecule has 0 bridgehead atoms. The van der Waals surface area contributed by atoms with E-state index in [2.05, 4.69) is 21.2 Å². The van der Waals surface area contributed by atoms with E-state index in [0.717, 1.165) is 12.8 Å². The first kappa shape index (κ1) is 17.3. The summed E-state index contributed by atoms with van der Waals surface area (Å²) >= 11 is 3.29. The number of halogens is 1. The number of amides is 1. The molecular formula is C16H17BrN2O4. The molecule has 1 unspecified atom stereocenters. The molecule has 1 heterocycles. The number of hydrogen-bond acceptors (Lipinski definition) is 5. The smallest absolute Gasteiger partial charge is 0.262 e.